The van der Waals surface area contributed by atoms with Crippen LogP contribution in [0.3, 0.4) is 0 Å². The van der Waals surface area contributed by atoms with E-state index in [0.717, 1.165) is 25.7 Å². The molecule has 0 bridgehead atoms. The van der Waals surface area contributed by atoms with E-state index in [4.69, 9.17) is 0 Å². The summed E-state index contributed by atoms with van der Waals surface area (Å²) in [5.41, 5.74) is -0.847. The smallest absolute Gasteiger partial charge is 0.223 e. The summed E-state index contributed by atoms with van der Waals surface area (Å²) in [6.45, 7) is 3.64. The van der Waals surface area contributed by atoms with E-state index in [-0.39, 0.29) is 25.0 Å². The number of aliphatic hydroxyl groups excluding tert-OH is 2. The summed E-state index contributed by atoms with van der Waals surface area (Å²) in [6.07, 6.45) is 4.56. The molecule has 0 aromatic heterocycles. The maximum atomic E-state index is 12.1. The summed E-state index contributed by atoms with van der Waals surface area (Å²) >= 11 is 0. The molecular weight excluding hydrogens is 218 g/mol. The lowest BCUT2D eigenvalue weighted by molar-refractivity contribution is -0.129. The first kappa shape index (κ1) is 14.5. The van der Waals surface area contributed by atoms with Gasteiger partial charge in [-0.25, -0.2) is 0 Å². The monoisotopic (exact) mass is 243 g/mol. The fourth-order valence-corrected chi connectivity index (χ4v) is 2.33. The van der Waals surface area contributed by atoms with E-state index in [0.29, 0.717) is 12.3 Å². The molecule has 4 nitrogen and oxygen atoms in total. The standard InChI is InChI=1S/C13H25NO3/c1-3-13(8-15,9-16)14-12(17)11-6-4-10(2)5-7-11/h10-11,15-16H,3-9H2,1-2H3,(H,14,17). The minimum absolute atomic E-state index is 0.0122. The van der Waals surface area contributed by atoms with Crippen molar-refractivity contribution in [2.24, 2.45) is 11.8 Å². The van der Waals surface area contributed by atoms with Gasteiger partial charge in [-0.1, -0.05) is 13.8 Å². The molecule has 0 aromatic rings. The summed E-state index contributed by atoms with van der Waals surface area (Å²) in [5, 5.41) is 21.4. The molecule has 0 aliphatic heterocycles. The van der Waals surface area contributed by atoms with E-state index in [1.165, 1.54) is 0 Å². The highest BCUT2D eigenvalue weighted by Crippen LogP contribution is 2.28. The number of nitrogens with one attached hydrogen (secondary N) is 1. The molecule has 17 heavy (non-hydrogen) atoms. The highest BCUT2D eigenvalue weighted by Gasteiger charge is 2.32. The second kappa shape index (κ2) is 6.36. The summed E-state index contributed by atoms with van der Waals surface area (Å²) < 4.78 is 0. The van der Waals surface area contributed by atoms with Gasteiger partial charge >= 0.3 is 0 Å². The van der Waals surface area contributed by atoms with Gasteiger partial charge in [-0.2, -0.15) is 0 Å². The van der Waals surface area contributed by atoms with Crippen molar-refractivity contribution in [1.29, 1.82) is 0 Å². The zero-order valence-corrected chi connectivity index (χ0v) is 10.9. The molecule has 4 heteroatoms. The van der Waals surface area contributed by atoms with Gasteiger partial charge in [0.25, 0.3) is 0 Å². The van der Waals surface area contributed by atoms with Gasteiger partial charge in [0.2, 0.25) is 5.91 Å². The van der Waals surface area contributed by atoms with E-state index >= 15 is 0 Å². The number of amides is 1. The molecule has 0 unspecified atom stereocenters. The van der Waals surface area contributed by atoms with Crippen molar-refractivity contribution in [3.8, 4) is 0 Å². The first-order chi connectivity index (χ1) is 8.06. The zero-order chi connectivity index (χ0) is 12.9. The molecule has 0 radical (unpaired) electrons. The van der Waals surface area contributed by atoms with Crippen LogP contribution < -0.4 is 5.32 Å². The summed E-state index contributed by atoms with van der Waals surface area (Å²) in [5.74, 6) is 0.753. The Hall–Kier alpha value is -0.610. The molecule has 0 heterocycles. The molecule has 0 aromatic carbocycles. The van der Waals surface area contributed by atoms with Crippen LogP contribution in [0.5, 0.6) is 0 Å². The van der Waals surface area contributed by atoms with Gasteiger partial charge in [-0.05, 0) is 38.0 Å². The van der Waals surface area contributed by atoms with E-state index in [2.05, 4.69) is 12.2 Å². The van der Waals surface area contributed by atoms with Gasteiger partial charge in [-0.15, -0.1) is 0 Å². The van der Waals surface area contributed by atoms with E-state index in [1.807, 2.05) is 6.92 Å². The Morgan fingerprint density at radius 2 is 1.76 bits per heavy atom. The van der Waals surface area contributed by atoms with Gasteiger partial charge in [0.05, 0.1) is 18.8 Å². The van der Waals surface area contributed by atoms with Crippen LogP contribution in [0.4, 0.5) is 0 Å². The third-order valence-corrected chi connectivity index (χ3v) is 4.06. The van der Waals surface area contributed by atoms with Crippen molar-refractivity contribution in [2.75, 3.05) is 13.2 Å². The Kier molecular flexibility index (Phi) is 5.40. The third kappa shape index (κ3) is 3.68. The number of aliphatic hydroxyl groups is 2. The van der Waals surface area contributed by atoms with E-state index in [1.54, 1.807) is 0 Å². The average molecular weight is 243 g/mol. The molecule has 1 rings (SSSR count). The first-order valence-corrected chi connectivity index (χ1v) is 6.60. The quantitative estimate of drug-likeness (QED) is 0.676. The fraction of sp³-hybridized carbons (Fsp3) is 0.923. The van der Waals surface area contributed by atoms with Crippen molar-refractivity contribution in [3.63, 3.8) is 0 Å². The molecule has 100 valence electrons. The van der Waals surface area contributed by atoms with Crippen LogP contribution in [0.2, 0.25) is 0 Å². The molecule has 1 amide bonds. The van der Waals surface area contributed by atoms with Crippen molar-refractivity contribution in [1.82, 2.24) is 5.32 Å². The Morgan fingerprint density at radius 3 is 2.18 bits per heavy atom. The van der Waals surface area contributed by atoms with Crippen molar-refractivity contribution in [2.45, 2.75) is 51.5 Å². The van der Waals surface area contributed by atoms with Gasteiger partial charge in [0.1, 0.15) is 0 Å². The third-order valence-electron chi connectivity index (χ3n) is 4.06. The Balaban J connectivity index is 2.53. The van der Waals surface area contributed by atoms with Crippen LogP contribution in [0.15, 0.2) is 0 Å². The lowest BCUT2D eigenvalue weighted by atomic mass is 9.82. The number of carbonyl (C=O) groups excluding carboxylic acids is 1. The molecule has 1 aliphatic carbocycles. The van der Waals surface area contributed by atoms with Gasteiger partial charge in [-0.3, -0.25) is 4.79 Å². The predicted octanol–water partition coefficient (Wildman–Crippen LogP) is 1.06. The van der Waals surface area contributed by atoms with Crippen LogP contribution in [-0.2, 0) is 4.79 Å². The normalized spacial score (nSPS) is 25.6. The fourth-order valence-electron chi connectivity index (χ4n) is 2.33. The van der Waals surface area contributed by atoms with Crippen LogP contribution in [-0.4, -0.2) is 34.9 Å². The number of hydrogen-bond acceptors (Lipinski definition) is 3. The van der Waals surface area contributed by atoms with Gasteiger partial charge < -0.3 is 15.5 Å². The second-order valence-electron chi connectivity index (χ2n) is 5.40. The summed E-state index contributed by atoms with van der Waals surface area (Å²) in [4.78, 5) is 12.1. The minimum Gasteiger partial charge on any atom is -0.394 e. The second-order valence-corrected chi connectivity index (χ2v) is 5.40. The van der Waals surface area contributed by atoms with Gasteiger partial charge in [0.15, 0.2) is 0 Å². The van der Waals surface area contributed by atoms with Crippen molar-refractivity contribution >= 4 is 5.91 Å². The molecule has 3 N–H and O–H groups in total. The van der Waals surface area contributed by atoms with Crippen LogP contribution in [0, 0.1) is 11.8 Å². The average Bonchev–Trinajstić information content (AvgIpc) is 2.37. The minimum atomic E-state index is -0.847. The number of hydrogen-bond donors (Lipinski definition) is 3. The molecule has 1 saturated carbocycles. The maximum absolute atomic E-state index is 12.1. The Morgan fingerprint density at radius 1 is 1.24 bits per heavy atom. The predicted molar refractivity (Wildman–Crippen MR) is 66.5 cm³/mol. The van der Waals surface area contributed by atoms with E-state index in [9.17, 15) is 15.0 Å². The molecule has 1 aliphatic rings. The summed E-state index contributed by atoms with van der Waals surface area (Å²) in [6, 6.07) is 0. The van der Waals surface area contributed by atoms with Crippen molar-refractivity contribution < 1.29 is 15.0 Å². The molecular formula is C13H25NO3. The topological polar surface area (TPSA) is 69.6 Å². The maximum Gasteiger partial charge on any atom is 0.223 e. The SMILES string of the molecule is CCC(CO)(CO)NC(=O)C1CCC(C)CC1. The molecule has 1 fully saturated rings. The Labute approximate surface area is 103 Å². The zero-order valence-electron chi connectivity index (χ0n) is 10.9. The van der Waals surface area contributed by atoms with E-state index < -0.39 is 5.54 Å². The largest absolute Gasteiger partial charge is 0.394 e. The highest BCUT2D eigenvalue weighted by molar-refractivity contribution is 5.79. The number of rotatable bonds is 5. The lowest BCUT2D eigenvalue weighted by Crippen LogP contribution is -2.55. The lowest BCUT2D eigenvalue weighted by Gasteiger charge is -2.33. The molecule has 0 spiro atoms. The van der Waals surface area contributed by atoms with Gasteiger partial charge in [0, 0.05) is 5.92 Å². The Bertz CT molecular complexity index is 235. The molecule has 0 saturated heterocycles. The first-order valence-electron chi connectivity index (χ1n) is 6.60. The molecule has 0 atom stereocenters. The van der Waals surface area contributed by atoms with Crippen LogP contribution in [0.25, 0.3) is 0 Å². The van der Waals surface area contributed by atoms with Crippen LogP contribution >= 0.6 is 0 Å². The summed E-state index contributed by atoms with van der Waals surface area (Å²) in [7, 11) is 0. The number of carbonyl (C=O) groups is 1. The highest BCUT2D eigenvalue weighted by atomic mass is 16.3. The van der Waals surface area contributed by atoms with Crippen molar-refractivity contribution in [3.05, 3.63) is 0 Å². The van der Waals surface area contributed by atoms with Crippen LogP contribution in [0.1, 0.15) is 46.0 Å².